The molecule has 0 saturated carbocycles. The zero-order valence-electron chi connectivity index (χ0n) is 30.9. The number of nitrogens with one attached hydrogen (secondary N) is 4. The molecule has 57 heavy (non-hydrogen) atoms. The first-order valence-corrected chi connectivity index (χ1v) is 19.4. The number of rotatable bonds is 20. The lowest BCUT2D eigenvalue weighted by Crippen LogP contribution is -2.39. The van der Waals surface area contributed by atoms with E-state index in [0.717, 1.165) is 49.1 Å². The molecule has 0 amide bonds. The highest BCUT2D eigenvalue weighted by molar-refractivity contribution is 9.10. The normalized spacial score (nSPS) is 12.0. The number of halogens is 3. The van der Waals surface area contributed by atoms with Crippen LogP contribution in [0.3, 0.4) is 0 Å². The maximum absolute atomic E-state index is 11.2. The van der Waals surface area contributed by atoms with Crippen LogP contribution >= 0.6 is 39.1 Å². The zero-order chi connectivity index (χ0) is 40.9. The molecule has 0 fully saturated rings. The Balaban J connectivity index is 1.32. The Morgan fingerprint density at radius 3 is 2.37 bits per heavy atom. The topological polar surface area (TPSA) is 193 Å². The number of aliphatic hydroxyl groups is 2. The summed E-state index contributed by atoms with van der Waals surface area (Å²) >= 11 is 17.1. The molecule has 0 spiro atoms. The molecule has 2 atom stereocenters. The van der Waals surface area contributed by atoms with E-state index in [0.29, 0.717) is 45.8 Å². The Bertz CT molecular complexity index is 2250. The molecule has 0 bridgehead atoms. The largest absolute Gasteiger partial charge is 0.488 e. The third-order valence-electron chi connectivity index (χ3n) is 8.97. The molecule has 0 aliphatic heterocycles. The van der Waals surface area contributed by atoms with Gasteiger partial charge in [0.15, 0.2) is 0 Å². The van der Waals surface area contributed by atoms with Crippen LogP contribution in [-0.2, 0) is 37.6 Å². The van der Waals surface area contributed by atoms with Gasteiger partial charge in [0, 0.05) is 87.8 Å². The number of hydrogen-bond acceptors (Lipinski definition) is 11. The minimum Gasteiger partial charge on any atom is -0.488 e. The van der Waals surface area contributed by atoms with Crippen molar-refractivity contribution >= 4 is 57.0 Å². The molecular formula is C42H41BrCl2N6O6. The highest BCUT2D eigenvalue weighted by Gasteiger charge is 2.18. The summed E-state index contributed by atoms with van der Waals surface area (Å²) < 4.78 is 13.3. The van der Waals surface area contributed by atoms with Crippen molar-refractivity contribution in [2.45, 2.75) is 51.9 Å². The number of aliphatic carboxylic acids is 1. The zero-order valence-corrected chi connectivity index (χ0v) is 34.0. The number of ether oxygens (including phenoxy) is 2. The first-order valence-electron chi connectivity index (χ1n) is 17.8. The minimum atomic E-state index is -1.14. The highest BCUT2D eigenvalue weighted by atomic mass is 79.9. The van der Waals surface area contributed by atoms with Crippen LogP contribution in [0.1, 0.15) is 45.9 Å². The van der Waals surface area contributed by atoms with Crippen LogP contribution in [0.2, 0.25) is 10.0 Å². The van der Waals surface area contributed by atoms with E-state index in [-0.39, 0.29) is 32.4 Å². The fraction of sp³-hybridized carbons (Fsp3) is 0.238. The minimum absolute atomic E-state index is 0.0384. The first kappa shape index (κ1) is 43.1. The van der Waals surface area contributed by atoms with Gasteiger partial charge in [0.2, 0.25) is 0 Å². The van der Waals surface area contributed by atoms with Crippen LogP contribution in [0.4, 0.5) is 5.69 Å². The number of nitrogens with zero attached hydrogens (tertiary/aromatic N) is 2. The van der Waals surface area contributed by atoms with Gasteiger partial charge in [-0.15, -0.1) is 0 Å². The third-order valence-corrected chi connectivity index (χ3v) is 10.6. The number of aromatic nitrogens is 1. The average Bonchev–Trinajstić information content (AvgIpc) is 3.22. The lowest BCUT2D eigenvalue weighted by atomic mass is 9.97. The molecule has 0 radical (unpaired) electrons. The van der Waals surface area contributed by atoms with Gasteiger partial charge in [-0.05, 0) is 69.4 Å². The summed E-state index contributed by atoms with van der Waals surface area (Å²) in [6, 6.07) is 23.0. The third kappa shape index (κ3) is 11.5. The van der Waals surface area contributed by atoms with Gasteiger partial charge in [-0.3, -0.25) is 15.1 Å². The predicted molar refractivity (Wildman–Crippen MR) is 224 cm³/mol. The molecule has 12 nitrogen and oxygen atoms in total. The smallest absolute Gasteiger partial charge is 0.323 e. The van der Waals surface area contributed by atoms with Gasteiger partial charge in [0.25, 0.3) is 0 Å². The monoisotopic (exact) mass is 874 g/mol. The Morgan fingerprint density at radius 2 is 1.65 bits per heavy atom. The van der Waals surface area contributed by atoms with Crippen molar-refractivity contribution in [2.24, 2.45) is 0 Å². The van der Waals surface area contributed by atoms with Crippen molar-refractivity contribution in [2.75, 3.05) is 18.5 Å². The number of carboxylic acids is 1. The number of hydrogen-bond donors (Lipinski definition) is 7. The molecule has 5 rings (SSSR count). The molecule has 0 aliphatic rings. The summed E-state index contributed by atoms with van der Waals surface area (Å²) in [4.78, 5) is 15.3. The lowest BCUT2D eigenvalue weighted by Gasteiger charge is -2.19. The fourth-order valence-electron chi connectivity index (χ4n) is 5.77. The lowest BCUT2D eigenvalue weighted by molar-refractivity contribution is -0.140. The number of pyridine rings is 1. The van der Waals surface area contributed by atoms with Crippen LogP contribution < -0.4 is 25.4 Å². The molecular weight excluding hydrogens is 835 g/mol. The fourth-order valence-corrected chi connectivity index (χ4v) is 6.87. The first-order chi connectivity index (χ1) is 27.5. The van der Waals surface area contributed by atoms with E-state index >= 15 is 0 Å². The van der Waals surface area contributed by atoms with Gasteiger partial charge in [0.05, 0.1) is 23.8 Å². The molecule has 4 aromatic carbocycles. The predicted octanol–water partition coefficient (Wildman–Crippen LogP) is 7.46. The average molecular weight is 877 g/mol. The van der Waals surface area contributed by atoms with Gasteiger partial charge in [-0.1, -0.05) is 65.7 Å². The summed E-state index contributed by atoms with van der Waals surface area (Å²) in [7, 11) is 0. The summed E-state index contributed by atoms with van der Waals surface area (Å²) in [6.45, 7) is 2.57. The number of nitriles is 1. The molecule has 5 aromatic rings. The molecule has 2 unspecified atom stereocenters. The van der Waals surface area contributed by atoms with E-state index in [9.17, 15) is 20.3 Å². The van der Waals surface area contributed by atoms with Crippen molar-refractivity contribution in [3.63, 3.8) is 0 Å². The molecule has 1 aromatic heterocycles. The Labute approximate surface area is 349 Å². The Kier molecular flexibility index (Phi) is 15.8. The highest BCUT2D eigenvalue weighted by Crippen LogP contribution is 2.38. The number of benzene rings is 4. The van der Waals surface area contributed by atoms with E-state index in [4.69, 9.17) is 43.2 Å². The van der Waals surface area contributed by atoms with Crippen molar-refractivity contribution in [1.82, 2.24) is 15.6 Å². The Morgan fingerprint density at radius 1 is 0.877 bits per heavy atom. The van der Waals surface area contributed by atoms with Crippen LogP contribution in [-0.4, -0.2) is 57.8 Å². The SMILES string of the molecule is CC(CO)NCc1cc(Cl)c(OCc2cccc(-c3cccc(NCc4ccc(CNC(CO)C(=O)O)cc4Cl)c3C=N)c2Br)cc1OCc1cncc(C#N)c1. The Hall–Kier alpha value is -5.04. The maximum atomic E-state index is 11.2. The van der Waals surface area contributed by atoms with Crippen LogP contribution in [0, 0.1) is 16.7 Å². The number of aliphatic hydroxyl groups excluding tert-OH is 2. The molecule has 7 N–H and O–H groups in total. The van der Waals surface area contributed by atoms with Crippen LogP contribution in [0.15, 0.2) is 89.7 Å². The van der Waals surface area contributed by atoms with Gasteiger partial charge >= 0.3 is 5.97 Å². The van der Waals surface area contributed by atoms with Gasteiger partial charge in [-0.25, -0.2) is 0 Å². The van der Waals surface area contributed by atoms with E-state index in [2.05, 4.69) is 42.9 Å². The summed E-state index contributed by atoms with van der Waals surface area (Å²) in [5.74, 6) is -0.221. The van der Waals surface area contributed by atoms with Gasteiger partial charge in [-0.2, -0.15) is 5.26 Å². The number of anilines is 1. The van der Waals surface area contributed by atoms with E-state index in [1.54, 1.807) is 30.5 Å². The van der Waals surface area contributed by atoms with E-state index < -0.39 is 18.6 Å². The standard InChI is InChI=1S/C42H41BrCl2N6O6/c1-25(21-52)49-20-31-12-36(45)40(13-39(31)56-23-28-10-27(14-46)16-48-17-28)57-24-30-4-2-6-33(41(30)43)32-5-3-7-37(34(32)15-47)51-19-29-9-8-26(11-35(29)44)18-50-38(22-53)42(54)55/h2-13,15-17,25,38,47,49-53H,18-24H2,1H3,(H,54,55). The van der Waals surface area contributed by atoms with E-state index in [1.165, 1.54) is 12.4 Å². The number of carboxylic acid groups (broad SMARTS) is 1. The van der Waals surface area contributed by atoms with Crippen molar-refractivity contribution in [3.05, 3.63) is 139 Å². The van der Waals surface area contributed by atoms with Crippen molar-refractivity contribution < 1.29 is 29.6 Å². The molecule has 0 aliphatic carbocycles. The van der Waals surface area contributed by atoms with Crippen LogP contribution in [0.25, 0.3) is 11.1 Å². The second-order valence-corrected chi connectivity index (χ2v) is 14.7. The van der Waals surface area contributed by atoms with Crippen molar-refractivity contribution in [3.8, 4) is 28.7 Å². The van der Waals surface area contributed by atoms with Gasteiger partial charge in [0.1, 0.15) is 36.8 Å². The molecule has 15 heteroatoms. The van der Waals surface area contributed by atoms with Crippen LogP contribution in [0.5, 0.6) is 11.5 Å². The van der Waals surface area contributed by atoms with Gasteiger partial charge < -0.3 is 40.8 Å². The second kappa shape index (κ2) is 20.9. The second-order valence-electron chi connectivity index (χ2n) is 13.0. The quantitative estimate of drug-likeness (QED) is 0.0384. The summed E-state index contributed by atoms with van der Waals surface area (Å²) in [6.07, 6.45) is 4.42. The summed E-state index contributed by atoms with van der Waals surface area (Å²) in [5, 5.41) is 55.9. The maximum Gasteiger partial charge on any atom is 0.323 e. The summed E-state index contributed by atoms with van der Waals surface area (Å²) in [5.41, 5.74) is 7.36. The van der Waals surface area contributed by atoms with Crippen molar-refractivity contribution in [1.29, 1.82) is 10.7 Å². The molecule has 296 valence electrons. The molecule has 1 heterocycles. The molecule has 0 saturated heterocycles. The van der Waals surface area contributed by atoms with E-state index in [1.807, 2.05) is 55.5 Å². The number of carbonyl (C=O) groups is 1.